The number of rotatable bonds is 4. The van der Waals surface area contributed by atoms with Crippen LogP contribution in [0.25, 0.3) is 0 Å². The monoisotopic (exact) mass is 397 g/mol. The van der Waals surface area contributed by atoms with Gasteiger partial charge in [-0.3, -0.25) is 29.5 Å². The van der Waals surface area contributed by atoms with Crippen LogP contribution in [-0.2, 0) is 22.7 Å². The molecule has 0 saturated carbocycles. The molecule has 3 saturated heterocycles. The molecule has 4 aliphatic heterocycles. The molecule has 0 aromatic heterocycles. The van der Waals surface area contributed by atoms with Crippen molar-refractivity contribution in [1.29, 1.82) is 0 Å². The molecular weight excluding hydrogens is 370 g/mol. The molecule has 154 valence electrons. The van der Waals surface area contributed by atoms with Crippen molar-refractivity contribution in [2.75, 3.05) is 39.3 Å². The Hall–Kier alpha value is -2.29. The molecule has 1 atom stereocenters. The standard InChI is InChI=1S/C21H27N5O3/c27-19-5-4-18(20(28)23-19)26-13-17-14(2-1-3-16(17)21(26)29)12-24-6-8-25(9-7-24)15-10-22-11-15/h1-3,15,18,22H,4-13H2,(H,23,27,28). The quantitative estimate of drug-likeness (QED) is 0.669. The molecule has 4 heterocycles. The molecule has 8 nitrogen and oxygen atoms in total. The van der Waals surface area contributed by atoms with E-state index in [0.29, 0.717) is 24.6 Å². The average Bonchev–Trinajstić information content (AvgIpc) is 3.00. The van der Waals surface area contributed by atoms with Gasteiger partial charge in [-0.15, -0.1) is 0 Å². The second kappa shape index (κ2) is 7.51. The summed E-state index contributed by atoms with van der Waals surface area (Å²) in [6, 6.07) is 6.03. The van der Waals surface area contributed by atoms with Gasteiger partial charge in [0, 0.05) is 70.4 Å². The van der Waals surface area contributed by atoms with Gasteiger partial charge in [0.05, 0.1) is 0 Å². The van der Waals surface area contributed by atoms with Crippen LogP contribution in [0.4, 0.5) is 0 Å². The van der Waals surface area contributed by atoms with Gasteiger partial charge in [0.2, 0.25) is 11.8 Å². The molecule has 2 N–H and O–H groups in total. The molecule has 4 aliphatic rings. The Morgan fingerprint density at radius 1 is 1.03 bits per heavy atom. The molecule has 8 heteroatoms. The lowest BCUT2D eigenvalue weighted by molar-refractivity contribution is -0.136. The van der Waals surface area contributed by atoms with Crippen LogP contribution < -0.4 is 10.6 Å². The fourth-order valence-electron chi connectivity index (χ4n) is 4.86. The molecule has 0 spiro atoms. The van der Waals surface area contributed by atoms with E-state index in [2.05, 4.69) is 26.5 Å². The molecule has 1 aromatic rings. The zero-order valence-electron chi connectivity index (χ0n) is 16.5. The number of fused-ring (bicyclic) bond motifs is 1. The summed E-state index contributed by atoms with van der Waals surface area (Å²) in [7, 11) is 0. The maximum atomic E-state index is 13.0. The van der Waals surface area contributed by atoms with E-state index in [0.717, 1.165) is 51.4 Å². The predicted molar refractivity (Wildman–Crippen MR) is 106 cm³/mol. The van der Waals surface area contributed by atoms with Crippen molar-refractivity contribution in [1.82, 2.24) is 25.3 Å². The normalized spacial score (nSPS) is 26.4. The third-order valence-electron chi connectivity index (χ3n) is 6.76. The maximum Gasteiger partial charge on any atom is 0.255 e. The number of hydrogen-bond acceptors (Lipinski definition) is 6. The summed E-state index contributed by atoms with van der Waals surface area (Å²) < 4.78 is 0. The summed E-state index contributed by atoms with van der Waals surface area (Å²) in [5.74, 6) is -0.711. The number of amides is 3. The lowest BCUT2D eigenvalue weighted by Gasteiger charge is -2.43. The fraction of sp³-hybridized carbons (Fsp3) is 0.571. The Labute approximate surface area is 170 Å². The van der Waals surface area contributed by atoms with E-state index in [1.54, 1.807) is 4.90 Å². The number of benzene rings is 1. The molecule has 29 heavy (non-hydrogen) atoms. The lowest BCUT2D eigenvalue weighted by atomic mass is 10.0. The summed E-state index contributed by atoms with van der Waals surface area (Å²) >= 11 is 0. The third kappa shape index (κ3) is 3.45. The second-order valence-corrected chi connectivity index (χ2v) is 8.47. The minimum Gasteiger partial charge on any atom is -0.322 e. The molecule has 3 amide bonds. The van der Waals surface area contributed by atoms with Crippen molar-refractivity contribution in [2.45, 2.75) is 38.0 Å². The Kier molecular flexibility index (Phi) is 4.85. The lowest BCUT2D eigenvalue weighted by Crippen LogP contribution is -2.61. The molecule has 0 bridgehead atoms. The van der Waals surface area contributed by atoms with Crippen LogP contribution in [0.1, 0.15) is 34.3 Å². The minimum absolute atomic E-state index is 0.0985. The van der Waals surface area contributed by atoms with Gasteiger partial charge in [-0.1, -0.05) is 12.1 Å². The van der Waals surface area contributed by atoms with Crippen LogP contribution in [0.5, 0.6) is 0 Å². The highest BCUT2D eigenvalue weighted by Gasteiger charge is 2.40. The van der Waals surface area contributed by atoms with Crippen molar-refractivity contribution in [3.05, 3.63) is 34.9 Å². The number of piperidine rings is 1. The van der Waals surface area contributed by atoms with Gasteiger partial charge < -0.3 is 10.2 Å². The first kappa shape index (κ1) is 18.7. The maximum absolute atomic E-state index is 13.0. The van der Waals surface area contributed by atoms with Crippen LogP contribution in [-0.4, -0.2) is 83.8 Å². The Morgan fingerprint density at radius 3 is 2.52 bits per heavy atom. The van der Waals surface area contributed by atoms with Gasteiger partial charge >= 0.3 is 0 Å². The van der Waals surface area contributed by atoms with E-state index in [4.69, 9.17) is 0 Å². The van der Waals surface area contributed by atoms with E-state index in [1.807, 2.05) is 12.1 Å². The van der Waals surface area contributed by atoms with Crippen LogP contribution in [0, 0.1) is 0 Å². The molecule has 5 rings (SSSR count). The third-order valence-corrected chi connectivity index (χ3v) is 6.76. The second-order valence-electron chi connectivity index (χ2n) is 8.47. The van der Waals surface area contributed by atoms with E-state index in [1.165, 1.54) is 5.56 Å². The number of nitrogens with one attached hydrogen (secondary N) is 2. The Morgan fingerprint density at radius 2 is 1.83 bits per heavy atom. The number of carbonyl (C=O) groups is 3. The van der Waals surface area contributed by atoms with Gasteiger partial charge in [0.15, 0.2) is 0 Å². The van der Waals surface area contributed by atoms with Gasteiger partial charge in [-0.05, 0) is 23.6 Å². The summed E-state index contributed by atoms with van der Waals surface area (Å²) in [4.78, 5) is 43.3. The summed E-state index contributed by atoms with van der Waals surface area (Å²) in [5.41, 5.74) is 2.91. The van der Waals surface area contributed by atoms with Crippen LogP contribution in [0.15, 0.2) is 18.2 Å². The zero-order valence-corrected chi connectivity index (χ0v) is 16.5. The van der Waals surface area contributed by atoms with E-state index < -0.39 is 6.04 Å². The number of carbonyl (C=O) groups excluding carboxylic acids is 3. The van der Waals surface area contributed by atoms with Crippen LogP contribution >= 0.6 is 0 Å². The average molecular weight is 397 g/mol. The number of nitrogens with zero attached hydrogens (tertiary/aromatic N) is 3. The van der Waals surface area contributed by atoms with Gasteiger partial charge in [-0.25, -0.2) is 0 Å². The van der Waals surface area contributed by atoms with Gasteiger partial charge in [0.25, 0.3) is 5.91 Å². The minimum atomic E-state index is -0.555. The summed E-state index contributed by atoms with van der Waals surface area (Å²) in [6.45, 7) is 7.72. The van der Waals surface area contributed by atoms with Gasteiger partial charge in [-0.2, -0.15) is 0 Å². The molecule has 1 aromatic carbocycles. The van der Waals surface area contributed by atoms with Gasteiger partial charge in [0.1, 0.15) is 6.04 Å². The van der Waals surface area contributed by atoms with Crippen molar-refractivity contribution in [3.63, 3.8) is 0 Å². The first-order valence-corrected chi connectivity index (χ1v) is 10.5. The largest absolute Gasteiger partial charge is 0.322 e. The van der Waals surface area contributed by atoms with E-state index in [-0.39, 0.29) is 24.1 Å². The molecule has 3 fully saturated rings. The Bertz CT molecular complexity index is 845. The Balaban J connectivity index is 1.27. The topological polar surface area (TPSA) is 85.0 Å². The first-order chi connectivity index (χ1) is 14.1. The fourth-order valence-corrected chi connectivity index (χ4v) is 4.86. The number of imide groups is 1. The molecule has 1 unspecified atom stereocenters. The van der Waals surface area contributed by atoms with Crippen LogP contribution in [0.2, 0.25) is 0 Å². The molecule has 0 aliphatic carbocycles. The van der Waals surface area contributed by atoms with Crippen molar-refractivity contribution >= 4 is 17.7 Å². The van der Waals surface area contributed by atoms with E-state index >= 15 is 0 Å². The van der Waals surface area contributed by atoms with Crippen molar-refractivity contribution < 1.29 is 14.4 Å². The number of hydrogen-bond donors (Lipinski definition) is 2. The smallest absolute Gasteiger partial charge is 0.255 e. The van der Waals surface area contributed by atoms with Crippen LogP contribution in [0.3, 0.4) is 0 Å². The van der Waals surface area contributed by atoms with E-state index in [9.17, 15) is 14.4 Å². The predicted octanol–water partition coefficient (Wildman–Crippen LogP) is -0.463. The highest BCUT2D eigenvalue weighted by molar-refractivity contribution is 6.05. The summed E-state index contributed by atoms with van der Waals surface area (Å²) in [6.07, 6.45) is 0.682. The van der Waals surface area contributed by atoms with Crippen molar-refractivity contribution in [3.8, 4) is 0 Å². The number of piperazine rings is 1. The highest BCUT2D eigenvalue weighted by atomic mass is 16.2. The van der Waals surface area contributed by atoms with Crippen molar-refractivity contribution in [2.24, 2.45) is 0 Å². The summed E-state index contributed by atoms with van der Waals surface area (Å²) in [5, 5.41) is 5.71. The highest BCUT2D eigenvalue weighted by Crippen LogP contribution is 2.30. The molecular formula is C21H27N5O3. The first-order valence-electron chi connectivity index (χ1n) is 10.5. The SMILES string of the molecule is O=C1CCC(N2Cc3c(CN4CCN(C5CNC5)CC4)cccc3C2=O)C(=O)N1. The molecule has 0 radical (unpaired) electrons. The zero-order chi connectivity index (χ0) is 20.0.